The number of nitriles is 5. The van der Waals surface area contributed by atoms with E-state index in [1.165, 1.54) is 0 Å². The second-order valence-electron chi connectivity index (χ2n) is 5.79. The van der Waals surface area contributed by atoms with Crippen molar-refractivity contribution < 1.29 is 46.6 Å². The topological polar surface area (TPSA) is 119 Å². The first-order valence-corrected chi connectivity index (χ1v) is 9.70. The molecule has 0 aliphatic heterocycles. The van der Waals surface area contributed by atoms with Crippen molar-refractivity contribution in [2.24, 2.45) is 0 Å². The average Bonchev–Trinajstić information content (AvgIpc) is 2.79. The van der Waals surface area contributed by atoms with Gasteiger partial charge in [0.2, 0.25) is 0 Å². The summed E-state index contributed by atoms with van der Waals surface area (Å²) >= 11 is 0. The Morgan fingerprint density at radius 3 is 1.06 bits per heavy atom. The van der Waals surface area contributed by atoms with Gasteiger partial charge in [-0.3, -0.25) is 0 Å². The Balaban J connectivity index is 0.00000240. The van der Waals surface area contributed by atoms with Gasteiger partial charge >= 0.3 is 46.6 Å². The molecule has 31 heavy (non-hydrogen) atoms. The van der Waals surface area contributed by atoms with Gasteiger partial charge in [-0.2, -0.15) is 26.3 Å². The molecule has 0 fully saturated rings. The molecule has 0 aromatic heterocycles. The summed E-state index contributed by atoms with van der Waals surface area (Å²) in [6.45, 7) is 0. The van der Waals surface area contributed by atoms with E-state index < -0.39 is 7.92 Å². The first kappa shape index (κ1) is 26.1. The molecule has 138 valence electrons. The van der Waals surface area contributed by atoms with Crippen molar-refractivity contribution in [3.05, 3.63) is 88.5 Å². The smallest absolute Gasteiger partial charge is 0.192 e. The summed E-state index contributed by atoms with van der Waals surface area (Å²) in [6, 6.07) is 28.3. The number of nitrogens with zero attached hydrogens (tertiary/aromatic N) is 5. The molecule has 0 radical (unpaired) electrons. The summed E-state index contributed by atoms with van der Waals surface area (Å²) in [6.07, 6.45) is 0. The van der Waals surface area contributed by atoms with E-state index in [0.717, 1.165) is 10.6 Å². The number of benzene rings is 3. The predicted molar refractivity (Wildman–Crippen MR) is 109 cm³/mol. The van der Waals surface area contributed by atoms with Gasteiger partial charge in [-0.05, 0) is 18.5 Å². The molecule has 0 aliphatic carbocycles. The van der Waals surface area contributed by atoms with Crippen molar-refractivity contribution in [1.82, 2.24) is 0 Å². The van der Waals surface area contributed by atoms with Crippen LogP contribution in [-0.2, 0) is 17.1 Å². The van der Waals surface area contributed by atoms with Gasteiger partial charge < -0.3 is 0 Å². The summed E-state index contributed by atoms with van der Waals surface area (Å²) in [5.74, 6) is 0. The SMILES string of the molecule is N#Cc1c(C#N)c(C#N)c(P(c2ccccc2)c2ccccc2)c(C#N)c1C#N.[Fe+2].[Na+]. The average molecular weight is 466 g/mol. The molecule has 3 rings (SSSR count). The molecule has 3 aromatic carbocycles. The van der Waals surface area contributed by atoms with Crippen LogP contribution in [0.25, 0.3) is 0 Å². The van der Waals surface area contributed by atoms with E-state index in [-0.39, 0.29) is 74.4 Å². The van der Waals surface area contributed by atoms with Gasteiger partial charge in [-0.15, -0.1) is 0 Å². The maximum atomic E-state index is 9.88. The van der Waals surface area contributed by atoms with Crippen LogP contribution in [0.4, 0.5) is 0 Å². The third kappa shape index (κ3) is 4.87. The van der Waals surface area contributed by atoms with E-state index in [1.807, 2.05) is 91.0 Å². The largest absolute Gasteiger partial charge is 2.00 e. The summed E-state index contributed by atoms with van der Waals surface area (Å²) < 4.78 is 0. The third-order valence-electron chi connectivity index (χ3n) is 4.29. The fourth-order valence-corrected chi connectivity index (χ4v) is 5.60. The fourth-order valence-electron chi connectivity index (χ4n) is 3.07. The quantitative estimate of drug-likeness (QED) is 0.392. The zero-order valence-electron chi connectivity index (χ0n) is 16.3. The van der Waals surface area contributed by atoms with Gasteiger partial charge in [-0.1, -0.05) is 60.7 Å². The molecule has 0 spiro atoms. The minimum Gasteiger partial charge on any atom is -0.192 e. The molecule has 0 atom stereocenters. The normalized spacial score (nSPS) is 8.90. The van der Waals surface area contributed by atoms with Crippen molar-refractivity contribution >= 4 is 23.8 Å². The van der Waals surface area contributed by atoms with Gasteiger partial charge in [0.05, 0.1) is 27.8 Å². The van der Waals surface area contributed by atoms with Gasteiger partial charge in [0.1, 0.15) is 30.3 Å². The molecule has 0 saturated heterocycles. The van der Waals surface area contributed by atoms with Gasteiger partial charge in [0.25, 0.3) is 0 Å². The zero-order chi connectivity index (χ0) is 20.8. The third-order valence-corrected chi connectivity index (χ3v) is 6.81. The Morgan fingerprint density at radius 1 is 0.484 bits per heavy atom. The Bertz CT molecular complexity index is 1220. The van der Waals surface area contributed by atoms with Crippen molar-refractivity contribution in [3.8, 4) is 30.3 Å². The molecule has 5 nitrogen and oxygen atoms in total. The molecular formula is C23H10FeN5NaP+3. The monoisotopic (exact) mass is 466 g/mol. The Morgan fingerprint density at radius 2 is 0.774 bits per heavy atom. The molecule has 0 N–H and O–H groups in total. The number of hydrogen-bond donors (Lipinski definition) is 0. The van der Waals surface area contributed by atoms with Crippen LogP contribution in [0.1, 0.15) is 27.8 Å². The zero-order valence-corrected chi connectivity index (χ0v) is 20.3. The number of hydrogen-bond acceptors (Lipinski definition) is 5. The molecule has 3 aromatic rings. The second-order valence-corrected chi connectivity index (χ2v) is 7.94. The van der Waals surface area contributed by atoms with Crippen LogP contribution in [0.15, 0.2) is 60.7 Å². The minimum atomic E-state index is -1.42. The van der Waals surface area contributed by atoms with Crippen LogP contribution in [0.2, 0.25) is 0 Å². The molecule has 0 unspecified atom stereocenters. The van der Waals surface area contributed by atoms with Crippen molar-refractivity contribution in [2.75, 3.05) is 0 Å². The molecule has 0 amide bonds. The molecule has 0 aliphatic rings. The van der Waals surface area contributed by atoms with Crippen molar-refractivity contribution in [3.63, 3.8) is 0 Å². The maximum Gasteiger partial charge on any atom is 2.00 e. The van der Waals surface area contributed by atoms with Gasteiger partial charge in [0, 0.05) is 5.30 Å². The second kappa shape index (κ2) is 12.0. The minimum absolute atomic E-state index is 0. The Kier molecular flexibility index (Phi) is 10.1. The Labute approximate surface area is 214 Å². The van der Waals surface area contributed by atoms with E-state index in [0.29, 0.717) is 5.30 Å². The van der Waals surface area contributed by atoms with Crippen LogP contribution < -0.4 is 45.5 Å². The first-order valence-electron chi connectivity index (χ1n) is 8.36. The maximum absolute atomic E-state index is 9.88. The summed E-state index contributed by atoms with van der Waals surface area (Å²) in [4.78, 5) is 0. The number of rotatable bonds is 3. The molecule has 0 bridgehead atoms. The van der Waals surface area contributed by atoms with Crippen LogP contribution >= 0.6 is 7.92 Å². The van der Waals surface area contributed by atoms with E-state index in [4.69, 9.17) is 0 Å². The van der Waals surface area contributed by atoms with Crippen LogP contribution in [-0.4, -0.2) is 0 Å². The van der Waals surface area contributed by atoms with E-state index in [1.54, 1.807) is 0 Å². The summed E-state index contributed by atoms with van der Waals surface area (Å²) in [7, 11) is -1.42. The molecule has 0 saturated carbocycles. The van der Waals surface area contributed by atoms with Crippen molar-refractivity contribution in [1.29, 1.82) is 26.3 Å². The van der Waals surface area contributed by atoms with Crippen LogP contribution in [0, 0.1) is 56.7 Å². The predicted octanol–water partition coefficient (Wildman–Crippen LogP) is -0.195. The summed E-state index contributed by atoms with van der Waals surface area (Å²) in [5.41, 5.74) is -0.625. The standard InChI is InChI=1S/C23H10N5P.Fe.Na/c24-11-18-19(12-25)21(14-27)23(22(15-28)20(18)13-26)29(16-7-3-1-4-8-16)17-9-5-2-6-10-17;;/h1-10H;;/q;+2;+1. The van der Waals surface area contributed by atoms with Crippen molar-refractivity contribution in [2.45, 2.75) is 0 Å². The molecule has 8 heteroatoms. The molecular weight excluding hydrogens is 456 g/mol. The fraction of sp³-hybridized carbons (Fsp3) is 0. The summed E-state index contributed by atoms with van der Waals surface area (Å²) in [5, 5.41) is 50.6. The molecule has 0 heterocycles. The van der Waals surface area contributed by atoms with Gasteiger partial charge in [-0.25, -0.2) is 0 Å². The van der Waals surface area contributed by atoms with E-state index in [2.05, 4.69) is 0 Å². The van der Waals surface area contributed by atoms with Crippen LogP contribution in [0.3, 0.4) is 0 Å². The van der Waals surface area contributed by atoms with E-state index >= 15 is 0 Å². The Hall–Kier alpha value is -2.94. The first-order chi connectivity index (χ1) is 14.2. The van der Waals surface area contributed by atoms with Crippen LogP contribution in [0.5, 0.6) is 0 Å². The van der Waals surface area contributed by atoms with Gasteiger partial charge in [0.15, 0.2) is 0 Å². The van der Waals surface area contributed by atoms with E-state index in [9.17, 15) is 26.3 Å².